The maximum atomic E-state index is 12.7. The number of hydrogen-bond donors (Lipinski definition) is 1. The fourth-order valence-corrected chi connectivity index (χ4v) is 1.91. The third-order valence-electron chi connectivity index (χ3n) is 3.17. The Hall–Kier alpha value is -2.56. The molecule has 0 saturated heterocycles. The van der Waals surface area contributed by atoms with Crippen molar-refractivity contribution in [2.45, 2.75) is 12.8 Å². The first-order valence-electron chi connectivity index (χ1n) is 6.84. The number of hydrogen-bond acceptors (Lipinski definition) is 2. The molecule has 0 aliphatic carbocycles. The first-order valence-corrected chi connectivity index (χ1v) is 6.84. The minimum atomic E-state index is -0.417. The molecule has 22 heavy (non-hydrogen) atoms. The van der Waals surface area contributed by atoms with Gasteiger partial charge in [0.2, 0.25) is 5.91 Å². The summed E-state index contributed by atoms with van der Waals surface area (Å²) in [4.78, 5) is 23.5. The van der Waals surface area contributed by atoms with Gasteiger partial charge in [0.25, 0.3) is 0 Å². The van der Waals surface area contributed by atoms with E-state index < -0.39 is 5.82 Å². The summed E-state index contributed by atoms with van der Waals surface area (Å²) in [6.45, 7) is -0.131. The summed E-state index contributed by atoms with van der Waals surface area (Å²) in [5.41, 5.74) is 1.20. The SMILES string of the molecule is O=C(CCc1ccc(F)cc1)NCC(=O)c1ccc(F)cc1. The van der Waals surface area contributed by atoms with Crippen molar-refractivity contribution in [1.82, 2.24) is 5.32 Å². The zero-order valence-electron chi connectivity index (χ0n) is 11.8. The van der Waals surface area contributed by atoms with Crippen LogP contribution in [0.3, 0.4) is 0 Å². The Morgan fingerprint density at radius 2 is 1.41 bits per heavy atom. The lowest BCUT2D eigenvalue weighted by molar-refractivity contribution is -0.120. The van der Waals surface area contributed by atoms with Gasteiger partial charge in [0, 0.05) is 12.0 Å². The molecule has 0 unspecified atom stereocenters. The fraction of sp³-hybridized carbons (Fsp3) is 0.176. The van der Waals surface area contributed by atoms with E-state index >= 15 is 0 Å². The minimum Gasteiger partial charge on any atom is -0.349 e. The third kappa shape index (κ3) is 4.77. The van der Waals surface area contributed by atoms with E-state index in [0.29, 0.717) is 12.0 Å². The van der Waals surface area contributed by atoms with Crippen LogP contribution in [-0.2, 0) is 11.2 Å². The maximum absolute atomic E-state index is 12.7. The van der Waals surface area contributed by atoms with E-state index in [9.17, 15) is 18.4 Å². The van der Waals surface area contributed by atoms with Crippen molar-refractivity contribution in [3.8, 4) is 0 Å². The maximum Gasteiger partial charge on any atom is 0.220 e. The van der Waals surface area contributed by atoms with E-state index in [4.69, 9.17) is 0 Å². The Bertz CT molecular complexity index is 651. The van der Waals surface area contributed by atoms with Gasteiger partial charge in [-0.1, -0.05) is 12.1 Å². The van der Waals surface area contributed by atoms with Crippen LogP contribution in [0.5, 0.6) is 0 Å². The molecule has 0 spiro atoms. The smallest absolute Gasteiger partial charge is 0.220 e. The largest absolute Gasteiger partial charge is 0.349 e. The molecule has 114 valence electrons. The second-order valence-electron chi connectivity index (χ2n) is 4.83. The van der Waals surface area contributed by atoms with Gasteiger partial charge in [-0.05, 0) is 48.4 Å². The summed E-state index contributed by atoms with van der Waals surface area (Å²) in [6.07, 6.45) is 0.680. The van der Waals surface area contributed by atoms with E-state index in [2.05, 4.69) is 5.32 Å². The molecule has 3 nitrogen and oxygen atoms in total. The molecule has 0 heterocycles. The number of carbonyl (C=O) groups excluding carboxylic acids is 2. The highest BCUT2D eigenvalue weighted by molar-refractivity contribution is 5.99. The molecule has 1 N–H and O–H groups in total. The van der Waals surface area contributed by atoms with E-state index in [1.54, 1.807) is 12.1 Å². The highest BCUT2D eigenvalue weighted by atomic mass is 19.1. The van der Waals surface area contributed by atoms with Gasteiger partial charge in [-0.25, -0.2) is 8.78 Å². The summed E-state index contributed by atoms with van der Waals surface area (Å²) in [5, 5.41) is 2.52. The third-order valence-corrected chi connectivity index (χ3v) is 3.17. The Morgan fingerprint density at radius 3 is 2.00 bits per heavy atom. The molecule has 0 aliphatic heterocycles. The lowest BCUT2D eigenvalue weighted by Gasteiger charge is -2.05. The van der Waals surface area contributed by atoms with Crippen LogP contribution >= 0.6 is 0 Å². The zero-order chi connectivity index (χ0) is 15.9. The predicted molar refractivity (Wildman–Crippen MR) is 78.5 cm³/mol. The van der Waals surface area contributed by atoms with Crippen molar-refractivity contribution < 1.29 is 18.4 Å². The lowest BCUT2D eigenvalue weighted by atomic mass is 10.1. The molecule has 0 fully saturated rings. The zero-order valence-corrected chi connectivity index (χ0v) is 11.8. The lowest BCUT2D eigenvalue weighted by Crippen LogP contribution is -2.29. The van der Waals surface area contributed by atoms with Gasteiger partial charge >= 0.3 is 0 Å². The van der Waals surface area contributed by atoms with Crippen LogP contribution < -0.4 is 5.32 Å². The number of benzene rings is 2. The van der Waals surface area contributed by atoms with Gasteiger partial charge < -0.3 is 5.32 Å². The number of Topliss-reactive ketones (excluding diaryl/α,β-unsaturated/α-hetero) is 1. The molecule has 0 atom stereocenters. The van der Waals surface area contributed by atoms with Crippen molar-refractivity contribution in [3.05, 3.63) is 71.3 Å². The van der Waals surface area contributed by atoms with Crippen LogP contribution in [0.4, 0.5) is 8.78 Å². The molecule has 0 aromatic heterocycles. The van der Waals surface area contributed by atoms with Crippen LogP contribution in [0.1, 0.15) is 22.3 Å². The highest BCUT2D eigenvalue weighted by Crippen LogP contribution is 2.06. The number of ketones is 1. The summed E-state index contributed by atoms with van der Waals surface area (Å²) in [7, 11) is 0. The molecule has 0 saturated carbocycles. The molecule has 2 aromatic rings. The van der Waals surface area contributed by atoms with Crippen molar-refractivity contribution in [3.63, 3.8) is 0 Å². The summed E-state index contributed by atoms with van der Waals surface area (Å²) in [5.74, 6) is -1.28. The molecular weight excluding hydrogens is 288 g/mol. The van der Waals surface area contributed by atoms with Crippen LogP contribution in [0, 0.1) is 11.6 Å². The van der Waals surface area contributed by atoms with Crippen LogP contribution in [0.25, 0.3) is 0 Å². The summed E-state index contributed by atoms with van der Waals surface area (Å²) in [6, 6.07) is 11.1. The number of nitrogens with one attached hydrogen (secondary N) is 1. The number of carbonyl (C=O) groups is 2. The van der Waals surface area contributed by atoms with Gasteiger partial charge in [-0.2, -0.15) is 0 Å². The topological polar surface area (TPSA) is 46.2 Å². The van der Waals surface area contributed by atoms with Crippen molar-refractivity contribution >= 4 is 11.7 Å². The monoisotopic (exact) mass is 303 g/mol. The van der Waals surface area contributed by atoms with Crippen LogP contribution in [0.2, 0.25) is 0 Å². The minimum absolute atomic E-state index is 0.131. The summed E-state index contributed by atoms with van der Waals surface area (Å²) < 4.78 is 25.5. The van der Waals surface area contributed by atoms with E-state index in [1.807, 2.05) is 0 Å². The van der Waals surface area contributed by atoms with Crippen molar-refractivity contribution in [1.29, 1.82) is 0 Å². The normalized spacial score (nSPS) is 10.3. The number of rotatable bonds is 6. The fourth-order valence-electron chi connectivity index (χ4n) is 1.91. The highest BCUT2D eigenvalue weighted by Gasteiger charge is 2.08. The van der Waals surface area contributed by atoms with Gasteiger partial charge in [0.15, 0.2) is 5.78 Å². The Balaban J connectivity index is 1.76. The van der Waals surface area contributed by atoms with Crippen molar-refractivity contribution in [2.75, 3.05) is 6.54 Å². The second kappa shape index (κ2) is 7.45. The Labute approximate surface area is 127 Å². The number of halogens is 2. The van der Waals surface area contributed by atoms with Crippen LogP contribution in [-0.4, -0.2) is 18.2 Å². The van der Waals surface area contributed by atoms with Crippen molar-refractivity contribution in [2.24, 2.45) is 0 Å². The quantitative estimate of drug-likeness (QED) is 0.834. The number of aryl methyl sites for hydroxylation is 1. The molecule has 1 amide bonds. The molecule has 2 rings (SSSR count). The molecule has 2 aromatic carbocycles. The average molecular weight is 303 g/mol. The van der Waals surface area contributed by atoms with Crippen LogP contribution in [0.15, 0.2) is 48.5 Å². The Morgan fingerprint density at radius 1 is 0.864 bits per heavy atom. The van der Waals surface area contributed by atoms with Gasteiger partial charge in [-0.3, -0.25) is 9.59 Å². The molecule has 0 bridgehead atoms. The standard InChI is InChI=1S/C17H15F2NO2/c18-14-6-1-12(2-7-14)3-10-17(22)20-11-16(21)13-4-8-15(19)9-5-13/h1-2,4-9H,3,10-11H2,(H,20,22). The molecule has 5 heteroatoms. The Kier molecular flexibility index (Phi) is 5.36. The van der Waals surface area contributed by atoms with E-state index in [0.717, 1.165) is 5.56 Å². The second-order valence-corrected chi connectivity index (χ2v) is 4.83. The first kappa shape index (κ1) is 15.8. The number of amides is 1. The van der Waals surface area contributed by atoms with Gasteiger partial charge in [-0.15, -0.1) is 0 Å². The van der Waals surface area contributed by atoms with Gasteiger partial charge in [0.05, 0.1) is 6.54 Å². The summed E-state index contributed by atoms with van der Waals surface area (Å²) >= 11 is 0. The molecule has 0 radical (unpaired) electrons. The predicted octanol–water partition coefficient (Wildman–Crippen LogP) is 2.90. The molecule has 0 aliphatic rings. The average Bonchev–Trinajstić information content (AvgIpc) is 2.52. The van der Waals surface area contributed by atoms with E-state index in [1.165, 1.54) is 36.4 Å². The first-order chi connectivity index (χ1) is 10.5. The van der Waals surface area contributed by atoms with Gasteiger partial charge in [0.1, 0.15) is 11.6 Å². The van der Waals surface area contributed by atoms with E-state index in [-0.39, 0.29) is 30.5 Å². The molecular formula is C17H15F2NO2.